The van der Waals surface area contributed by atoms with Crippen LogP contribution in [0.1, 0.15) is 68.4 Å². The molecule has 1 heterocycles. The highest BCUT2D eigenvalue weighted by atomic mass is 16.5. The van der Waals surface area contributed by atoms with Crippen LogP contribution >= 0.6 is 0 Å². The number of hydrogen-bond donors (Lipinski definition) is 1. The number of fused-ring (bicyclic) bond motifs is 1. The van der Waals surface area contributed by atoms with Crippen molar-refractivity contribution in [2.45, 2.75) is 57.9 Å². The van der Waals surface area contributed by atoms with Crippen LogP contribution < -0.4 is 15.0 Å². The van der Waals surface area contributed by atoms with Crippen LogP contribution in [0.5, 0.6) is 5.75 Å². The monoisotopic (exact) mass is 542 g/mol. The van der Waals surface area contributed by atoms with Gasteiger partial charge in [0.25, 0.3) is 5.91 Å². The summed E-state index contributed by atoms with van der Waals surface area (Å²) in [6, 6.07) is 22.1. The molecule has 40 heavy (non-hydrogen) atoms. The van der Waals surface area contributed by atoms with Gasteiger partial charge in [0, 0.05) is 29.3 Å². The van der Waals surface area contributed by atoms with Crippen LogP contribution in [0.15, 0.2) is 72.8 Å². The Morgan fingerprint density at radius 1 is 0.875 bits per heavy atom. The Kier molecular flexibility index (Phi) is 8.09. The van der Waals surface area contributed by atoms with Crippen molar-refractivity contribution in [1.82, 2.24) is 0 Å². The lowest BCUT2D eigenvalue weighted by Crippen LogP contribution is -2.55. The van der Waals surface area contributed by atoms with Gasteiger partial charge in [-0.25, -0.2) is 0 Å². The summed E-state index contributed by atoms with van der Waals surface area (Å²) in [6.07, 6.45) is 0.389. The lowest BCUT2D eigenvalue weighted by molar-refractivity contribution is -0.144. The molecule has 1 N–H and O–H groups in total. The fourth-order valence-corrected chi connectivity index (χ4v) is 5.70. The zero-order valence-electron chi connectivity index (χ0n) is 23.4. The first-order valence-electron chi connectivity index (χ1n) is 13.1. The van der Waals surface area contributed by atoms with E-state index in [0.717, 1.165) is 16.8 Å². The van der Waals surface area contributed by atoms with Crippen LogP contribution in [0.2, 0.25) is 0 Å². The second-order valence-electron chi connectivity index (χ2n) is 10.8. The predicted molar refractivity (Wildman–Crippen MR) is 152 cm³/mol. The summed E-state index contributed by atoms with van der Waals surface area (Å²) in [6.45, 7) is 7.86. The van der Waals surface area contributed by atoms with Crippen LogP contribution in [0.4, 0.5) is 11.4 Å². The maximum Gasteiger partial charge on any atom is 0.311 e. The van der Waals surface area contributed by atoms with Crippen molar-refractivity contribution in [2.75, 3.05) is 17.3 Å². The Labute approximate surface area is 234 Å². The van der Waals surface area contributed by atoms with Gasteiger partial charge in [0.2, 0.25) is 5.91 Å². The number of nitrogens with zero attached hydrogens (tertiary/aromatic N) is 1. The normalized spacial score (nSPS) is 17.4. The van der Waals surface area contributed by atoms with Crippen molar-refractivity contribution in [3.05, 3.63) is 89.5 Å². The van der Waals surface area contributed by atoms with Crippen LogP contribution in [-0.4, -0.2) is 36.4 Å². The van der Waals surface area contributed by atoms with Crippen molar-refractivity contribution >= 4 is 35.1 Å². The topological polar surface area (TPSA) is 102 Å². The number of esters is 2. The van der Waals surface area contributed by atoms with Gasteiger partial charge in [-0.3, -0.25) is 19.2 Å². The molecule has 0 fully saturated rings. The molecule has 0 bridgehead atoms. The van der Waals surface area contributed by atoms with Gasteiger partial charge < -0.3 is 19.7 Å². The van der Waals surface area contributed by atoms with Crippen LogP contribution in [0.3, 0.4) is 0 Å². The van der Waals surface area contributed by atoms with E-state index in [1.54, 1.807) is 31.2 Å². The zero-order chi connectivity index (χ0) is 29.1. The molecule has 0 spiro atoms. The van der Waals surface area contributed by atoms with Crippen molar-refractivity contribution < 1.29 is 28.7 Å². The molecule has 0 aliphatic carbocycles. The molecule has 0 saturated carbocycles. The minimum absolute atomic E-state index is 0.0545. The van der Waals surface area contributed by atoms with E-state index in [1.807, 2.05) is 35.2 Å². The van der Waals surface area contributed by atoms with E-state index in [9.17, 15) is 19.2 Å². The van der Waals surface area contributed by atoms with E-state index < -0.39 is 28.8 Å². The average molecular weight is 543 g/mol. The molecule has 1 aliphatic rings. The number of benzene rings is 3. The number of hydrogen-bond acceptors (Lipinski definition) is 6. The standard InChI is InChI=1S/C32H34N2O6/c1-21(35)34-26-16-15-23(19-25(26)32(4,20-31(34,2)3)22-11-7-6-8-12-22)33-30(38)24-13-9-10-14-27(24)40-29(37)18-17-28(36)39-5/h6-16,19H,17-18,20H2,1-5H3,(H,33,38). The van der Waals surface area contributed by atoms with Crippen molar-refractivity contribution in [3.63, 3.8) is 0 Å². The van der Waals surface area contributed by atoms with E-state index in [2.05, 4.69) is 43.0 Å². The largest absolute Gasteiger partial charge is 0.469 e. The highest BCUT2D eigenvalue weighted by Crippen LogP contribution is 2.51. The summed E-state index contributed by atoms with van der Waals surface area (Å²) in [5.74, 6) is -1.60. The van der Waals surface area contributed by atoms with Gasteiger partial charge in [0.15, 0.2) is 0 Å². The first-order chi connectivity index (χ1) is 19.0. The minimum atomic E-state index is -0.648. The number of amides is 2. The molecule has 0 radical (unpaired) electrons. The molecule has 8 heteroatoms. The Morgan fingerprint density at radius 3 is 2.20 bits per heavy atom. The second kappa shape index (κ2) is 11.3. The van der Waals surface area contributed by atoms with Gasteiger partial charge in [0.05, 0.1) is 25.5 Å². The van der Waals surface area contributed by atoms with Crippen LogP contribution in [0, 0.1) is 0 Å². The number of carbonyl (C=O) groups is 4. The molecule has 1 aliphatic heterocycles. The molecule has 1 atom stereocenters. The maximum absolute atomic E-state index is 13.4. The molecule has 1 unspecified atom stereocenters. The van der Waals surface area contributed by atoms with Gasteiger partial charge in [-0.1, -0.05) is 49.4 Å². The van der Waals surface area contributed by atoms with E-state index in [1.165, 1.54) is 13.2 Å². The Balaban J connectivity index is 1.67. The first kappa shape index (κ1) is 28.5. The molecule has 0 saturated heterocycles. The molecule has 0 aromatic heterocycles. The number of nitrogens with one attached hydrogen (secondary N) is 1. The van der Waals surface area contributed by atoms with Crippen LogP contribution in [0.25, 0.3) is 0 Å². The molecular formula is C32H34N2O6. The molecule has 3 aromatic carbocycles. The van der Waals surface area contributed by atoms with E-state index in [-0.39, 0.29) is 30.1 Å². The number of ether oxygens (including phenoxy) is 2. The summed E-state index contributed by atoms with van der Waals surface area (Å²) in [5, 5.41) is 2.93. The summed E-state index contributed by atoms with van der Waals surface area (Å²) < 4.78 is 9.95. The van der Waals surface area contributed by atoms with Gasteiger partial charge in [-0.2, -0.15) is 0 Å². The van der Waals surface area contributed by atoms with E-state index >= 15 is 0 Å². The first-order valence-corrected chi connectivity index (χ1v) is 13.1. The number of para-hydroxylation sites is 1. The Morgan fingerprint density at radius 2 is 1.52 bits per heavy atom. The summed E-state index contributed by atoms with van der Waals surface area (Å²) >= 11 is 0. The third kappa shape index (κ3) is 5.76. The second-order valence-corrected chi connectivity index (χ2v) is 10.8. The quantitative estimate of drug-likeness (QED) is 0.306. The molecule has 2 amide bonds. The maximum atomic E-state index is 13.4. The summed E-state index contributed by atoms with van der Waals surface area (Å²) in [5.41, 5.74) is 2.68. The number of methoxy groups -OCH3 is 1. The third-order valence-corrected chi connectivity index (χ3v) is 7.32. The smallest absolute Gasteiger partial charge is 0.311 e. The number of carbonyl (C=O) groups excluding carboxylic acids is 4. The lowest BCUT2D eigenvalue weighted by Gasteiger charge is -2.51. The SMILES string of the molecule is COC(=O)CCC(=O)Oc1ccccc1C(=O)Nc1ccc2c(c1)C(C)(c1ccccc1)CC(C)(C)N2C(C)=O. The molecule has 8 nitrogen and oxygen atoms in total. The number of anilines is 2. The van der Waals surface area contributed by atoms with Crippen molar-refractivity contribution in [2.24, 2.45) is 0 Å². The fourth-order valence-electron chi connectivity index (χ4n) is 5.70. The average Bonchev–Trinajstić information content (AvgIpc) is 2.92. The summed E-state index contributed by atoms with van der Waals surface area (Å²) in [4.78, 5) is 51.6. The zero-order valence-corrected chi connectivity index (χ0v) is 23.4. The number of rotatable bonds is 7. The van der Waals surface area contributed by atoms with Gasteiger partial charge in [-0.05, 0) is 61.7 Å². The van der Waals surface area contributed by atoms with Gasteiger partial charge in [-0.15, -0.1) is 0 Å². The summed E-state index contributed by atoms with van der Waals surface area (Å²) in [7, 11) is 1.24. The minimum Gasteiger partial charge on any atom is -0.469 e. The van der Waals surface area contributed by atoms with E-state index in [0.29, 0.717) is 12.1 Å². The molecule has 4 rings (SSSR count). The predicted octanol–water partition coefficient (Wildman–Crippen LogP) is 5.64. The van der Waals surface area contributed by atoms with Crippen LogP contribution in [-0.2, 0) is 24.5 Å². The molecule has 3 aromatic rings. The fraction of sp³-hybridized carbons (Fsp3) is 0.312. The molecular weight excluding hydrogens is 508 g/mol. The van der Waals surface area contributed by atoms with Gasteiger partial charge in [0.1, 0.15) is 5.75 Å². The van der Waals surface area contributed by atoms with Crippen molar-refractivity contribution in [1.29, 1.82) is 0 Å². The third-order valence-electron chi connectivity index (χ3n) is 7.32. The highest BCUT2D eigenvalue weighted by molar-refractivity contribution is 6.07. The lowest BCUT2D eigenvalue weighted by atomic mass is 9.65. The Hall–Kier alpha value is -4.46. The highest BCUT2D eigenvalue weighted by Gasteiger charge is 2.47. The molecule has 208 valence electrons. The van der Waals surface area contributed by atoms with Crippen molar-refractivity contribution in [3.8, 4) is 5.75 Å². The Bertz CT molecular complexity index is 1450. The van der Waals surface area contributed by atoms with Gasteiger partial charge >= 0.3 is 11.9 Å². The van der Waals surface area contributed by atoms with E-state index in [4.69, 9.17) is 4.74 Å².